The Bertz CT molecular complexity index is 531. The first kappa shape index (κ1) is 13.8. The second kappa shape index (κ2) is 6.02. The van der Waals surface area contributed by atoms with E-state index in [1.54, 1.807) is 0 Å². The average molecular weight is 257 g/mol. The van der Waals surface area contributed by atoms with Crippen molar-refractivity contribution in [2.24, 2.45) is 5.92 Å². The molecule has 102 valence electrons. The lowest BCUT2D eigenvalue weighted by atomic mass is 10.0. The molecule has 0 aliphatic rings. The number of nitrogens with one attached hydrogen (secondary N) is 1. The smallest absolute Gasteiger partial charge is 0.137 e. The lowest BCUT2D eigenvalue weighted by Gasteiger charge is -2.14. The topological polar surface area (TPSA) is 29.3 Å². The standard InChI is InChI=1S/C16H23N3/c1-12(2)14(10-17-13(3)4)9-15-11-19-8-6-5-7-16(19)18-15/h5-9,11-13,17H,10H2,1-4H3. The Morgan fingerprint density at radius 1 is 1.32 bits per heavy atom. The Morgan fingerprint density at radius 3 is 2.74 bits per heavy atom. The second-order valence-corrected chi connectivity index (χ2v) is 5.54. The van der Waals surface area contributed by atoms with Gasteiger partial charge in [0, 0.05) is 25.0 Å². The zero-order valence-electron chi connectivity index (χ0n) is 12.2. The van der Waals surface area contributed by atoms with E-state index in [1.165, 1.54) is 5.57 Å². The van der Waals surface area contributed by atoms with Crippen LogP contribution in [0.25, 0.3) is 11.7 Å². The van der Waals surface area contributed by atoms with Gasteiger partial charge in [0.2, 0.25) is 0 Å². The van der Waals surface area contributed by atoms with E-state index in [0.717, 1.165) is 17.9 Å². The zero-order valence-corrected chi connectivity index (χ0v) is 12.2. The Balaban J connectivity index is 2.24. The summed E-state index contributed by atoms with van der Waals surface area (Å²) in [6.45, 7) is 9.71. The van der Waals surface area contributed by atoms with Gasteiger partial charge in [-0.25, -0.2) is 4.98 Å². The van der Waals surface area contributed by atoms with Crippen LogP contribution in [0.5, 0.6) is 0 Å². The molecule has 3 nitrogen and oxygen atoms in total. The van der Waals surface area contributed by atoms with E-state index in [-0.39, 0.29) is 0 Å². The minimum atomic E-state index is 0.503. The van der Waals surface area contributed by atoms with Gasteiger partial charge in [-0.05, 0) is 24.1 Å². The van der Waals surface area contributed by atoms with E-state index in [4.69, 9.17) is 0 Å². The lowest BCUT2D eigenvalue weighted by Crippen LogP contribution is -2.26. The molecule has 0 amide bonds. The van der Waals surface area contributed by atoms with Gasteiger partial charge in [0.1, 0.15) is 5.65 Å². The van der Waals surface area contributed by atoms with Gasteiger partial charge in [-0.1, -0.05) is 39.3 Å². The fraction of sp³-hybridized carbons (Fsp3) is 0.438. The first-order chi connectivity index (χ1) is 9.06. The molecule has 19 heavy (non-hydrogen) atoms. The molecule has 1 N–H and O–H groups in total. The molecule has 0 saturated carbocycles. The lowest BCUT2D eigenvalue weighted by molar-refractivity contribution is 0.593. The summed E-state index contributed by atoms with van der Waals surface area (Å²) in [5.41, 5.74) is 3.41. The fourth-order valence-corrected chi connectivity index (χ4v) is 1.96. The van der Waals surface area contributed by atoms with Gasteiger partial charge >= 0.3 is 0 Å². The van der Waals surface area contributed by atoms with E-state index >= 15 is 0 Å². The molecule has 0 saturated heterocycles. The largest absolute Gasteiger partial charge is 0.311 e. The molecule has 0 spiro atoms. The van der Waals surface area contributed by atoms with Crippen molar-refractivity contribution in [3.8, 4) is 0 Å². The zero-order chi connectivity index (χ0) is 13.8. The van der Waals surface area contributed by atoms with Gasteiger partial charge in [-0.3, -0.25) is 0 Å². The normalized spacial score (nSPS) is 12.8. The minimum absolute atomic E-state index is 0.503. The molecule has 2 aromatic heterocycles. The predicted octanol–water partition coefficient (Wildman–Crippen LogP) is 3.37. The Morgan fingerprint density at radius 2 is 2.11 bits per heavy atom. The van der Waals surface area contributed by atoms with Crippen LogP contribution in [-0.2, 0) is 0 Å². The van der Waals surface area contributed by atoms with Crippen molar-refractivity contribution in [2.45, 2.75) is 33.7 Å². The molecule has 0 aromatic carbocycles. The third-order valence-corrected chi connectivity index (χ3v) is 3.17. The SMILES string of the molecule is CC(C)NCC(=Cc1cn2ccccc2n1)C(C)C. The monoisotopic (exact) mass is 257 g/mol. The molecule has 0 fully saturated rings. The van der Waals surface area contributed by atoms with Crippen LogP contribution in [-0.4, -0.2) is 22.0 Å². The third kappa shape index (κ3) is 3.67. The first-order valence-electron chi connectivity index (χ1n) is 6.94. The van der Waals surface area contributed by atoms with Crippen LogP contribution in [0.3, 0.4) is 0 Å². The molecule has 2 heterocycles. The minimum Gasteiger partial charge on any atom is -0.311 e. The van der Waals surface area contributed by atoms with Crippen LogP contribution in [0.4, 0.5) is 0 Å². The number of fused-ring (bicyclic) bond motifs is 1. The van der Waals surface area contributed by atoms with Gasteiger partial charge < -0.3 is 9.72 Å². The molecule has 0 atom stereocenters. The van der Waals surface area contributed by atoms with Gasteiger partial charge in [-0.15, -0.1) is 0 Å². The quantitative estimate of drug-likeness (QED) is 0.890. The van der Waals surface area contributed by atoms with Crippen LogP contribution < -0.4 is 5.32 Å². The van der Waals surface area contributed by atoms with Crippen LogP contribution in [0, 0.1) is 5.92 Å². The summed E-state index contributed by atoms with van der Waals surface area (Å²) in [6.07, 6.45) is 6.31. The molecule has 0 bridgehead atoms. The fourth-order valence-electron chi connectivity index (χ4n) is 1.96. The summed E-state index contributed by atoms with van der Waals surface area (Å²) in [4.78, 5) is 4.62. The highest BCUT2D eigenvalue weighted by molar-refractivity contribution is 5.54. The molecule has 2 rings (SSSR count). The maximum Gasteiger partial charge on any atom is 0.137 e. The van der Waals surface area contributed by atoms with E-state index in [0.29, 0.717) is 12.0 Å². The maximum absolute atomic E-state index is 4.62. The second-order valence-electron chi connectivity index (χ2n) is 5.54. The van der Waals surface area contributed by atoms with Crippen LogP contribution in [0.1, 0.15) is 33.4 Å². The number of hydrogen-bond donors (Lipinski definition) is 1. The number of hydrogen-bond acceptors (Lipinski definition) is 2. The van der Waals surface area contributed by atoms with Crippen molar-refractivity contribution in [3.05, 3.63) is 41.9 Å². The molecule has 0 radical (unpaired) electrons. The summed E-state index contributed by atoms with van der Waals surface area (Å²) >= 11 is 0. The number of nitrogens with zero attached hydrogens (tertiary/aromatic N) is 2. The van der Waals surface area contributed by atoms with Gasteiger partial charge in [-0.2, -0.15) is 0 Å². The van der Waals surface area contributed by atoms with Crippen molar-refractivity contribution in [1.82, 2.24) is 14.7 Å². The van der Waals surface area contributed by atoms with Crippen LogP contribution in [0.15, 0.2) is 36.2 Å². The van der Waals surface area contributed by atoms with Crippen molar-refractivity contribution in [1.29, 1.82) is 0 Å². The van der Waals surface area contributed by atoms with Gasteiger partial charge in [0.25, 0.3) is 0 Å². The third-order valence-electron chi connectivity index (χ3n) is 3.17. The summed E-state index contributed by atoms with van der Waals surface area (Å²) in [6, 6.07) is 6.56. The maximum atomic E-state index is 4.62. The van der Waals surface area contributed by atoms with Crippen molar-refractivity contribution < 1.29 is 0 Å². The first-order valence-corrected chi connectivity index (χ1v) is 6.94. The Kier molecular flexibility index (Phi) is 4.38. The van der Waals surface area contributed by atoms with E-state index in [9.17, 15) is 0 Å². The molecule has 2 aromatic rings. The van der Waals surface area contributed by atoms with Crippen molar-refractivity contribution in [2.75, 3.05) is 6.54 Å². The predicted molar refractivity (Wildman–Crippen MR) is 81.1 cm³/mol. The highest BCUT2D eigenvalue weighted by Gasteiger charge is 2.06. The number of aromatic nitrogens is 2. The Labute approximate surface area is 115 Å². The molecule has 3 heteroatoms. The molecule has 0 aliphatic heterocycles. The molecular formula is C16H23N3. The van der Waals surface area contributed by atoms with Crippen LogP contribution in [0.2, 0.25) is 0 Å². The Hall–Kier alpha value is -1.61. The van der Waals surface area contributed by atoms with Gasteiger partial charge in [0.15, 0.2) is 0 Å². The summed E-state index contributed by atoms with van der Waals surface area (Å²) in [7, 11) is 0. The van der Waals surface area contributed by atoms with E-state index < -0.39 is 0 Å². The number of imidazole rings is 1. The van der Waals surface area contributed by atoms with Crippen molar-refractivity contribution >= 4 is 11.7 Å². The molecular weight excluding hydrogens is 234 g/mol. The summed E-state index contributed by atoms with van der Waals surface area (Å²) in [5, 5.41) is 3.48. The van der Waals surface area contributed by atoms with E-state index in [2.05, 4.69) is 54.7 Å². The van der Waals surface area contributed by atoms with E-state index in [1.807, 2.05) is 24.4 Å². The molecule has 0 unspecified atom stereocenters. The number of rotatable bonds is 5. The average Bonchev–Trinajstić information content (AvgIpc) is 2.76. The highest BCUT2D eigenvalue weighted by Crippen LogP contribution is 2.14. The number of pyridine rings is 1. The molecule has 0 aliphatic carbocycles. The van der Waals surface area contributed by atoms with Crippen molar-refractivity contribution in [3.63, 3.8) is 0 Å². The summed E-state index contributed by atoms with van der Waals surface area (Å²) < 4.78 is 2.06. The summed E-state index contributed by atoms with van der Waals surface area (Å²) in [5.74, 6) is 0.524. The van der Waals surface area contributed by atoms with Gasteiger partial charge in [0.05, 0.1) is 5.69 Å². The van der Waals surface area contributed by atoms with Crippen LogP contribution >= 0.6 is 0 Å². The highest BCUT2D eigenvalue weighted by atomic mass is 15.0.